The average molecular weight is 267 g/mol. The minimum absolute atomic E-state index is 0.380. The average Bonchev–Trinajstić information content (AvgIpc) is 2.73. The Kier molecular flexibility index (Phi) is 2.08. The standard InChI is InChI=1S/C12H15BrN2/c1-15-5-4-12(8-15)7-14-11-6-9(13)2-3-10(11)12/h2-3,6,14H,4-5,7-8H2,1H3/t12-/m0/s1. The van der Waals surface area contributed by atoms with Crippen LogP contribution in [0.3, 0.4) is 0 Å². The van der Waals surface area contributed by atoms with E-state index in [-0.39, 0.29) is 0 Å². The quantitative estimate of drug-likeness (QED) is 0.776. The van der Waals surface area contributed by atoms with Crippen LogP contribution in [0.5, 0.6) is 0 Å². The minimum Gasteiger partial charge on any atom is -0.384 e. The van der Waals surface area contributed by atoms with E-state index < -0.39 is 0 Å². The molecule has 2 heterocycles. The van der Waals surface area contributed by atoms with Crippen molar-refractivity contribution >= 4 is 21.6 Å². The highest BCUT2D eigenvalue weighted by Crippen LogP contribution is 2.43. The summed E-state index contributed by atoms with van der Waals surface area (Å²) in [6.07, 6.45) is 1.28. The summed E-state index contributed by atoms with van der Waals surface area (Å²) in [4.78, 5) is 2.43. The molecule has 0 saturated carbocycles. The number of halogens is 1. The molecule has 1 saturated heterocycles. The number of benzene rings is 1. The topological polar surface area (TPSA) is 15.3 Å². The highest BCUT2D eigenvalue weighted by molar-refractivity contribution is 9.10. The van der Waals surface area contributed by atoms with Crippen molar-refractivity contribution in [3.05, 3.63) is 28.2 Å². The van der Waals surface area contributed by atoms with Crippen molar-refractivity contribution in [2.75, 3.05) is 32.0 Å². The van der Waals surface area contributed by atoms with E-state index in [1.807, 2.05) is 0 Å². The normalized spacial score (nSPS) is 29.5. The zero-order valence-electron chi connectivity index (χ0n) is 8.89. The van der Waals surface area contributed by atoms with E-state index in [1.165, 1.54) is 30.8 Å². The van der Waals surface area contributed by atoms with Gasteiger partial charge in [0.1, 0.15) is 0 Å². The molecule has 1 aromatic rings. The summed E-state index contributed by atoms with van der Waals surface area (Å²) in [5.41, 5.74) is 3.21. The molecule has 0 aromatic heterocycles. The van der Waals surface area contributed by atoms with Gasteiger partial charge in [0.25, 0.3) is 0 Å². The Labute approximate surface area is 98.8 Å². The molecule has 0 aliphatic carbocycles. The number of fused-ring (bicyclic) bond motifs is 2. The second kappa shape index (κ2) is 3.22. The second-order valence-corrected chi connectivity index (χ2v) is 5.73. The van der Waals surface area contributed by atoms with E-state index in [0.717, 1.165) is 11.0 Å². The van der Waals surface area contributed by atoms with Gasteiger partial charge in [-0.05, 0) is 37.7 Å². The molecule has 2 aliphatic heterocycles. The summed E-state index contributed by atoms with van der Waals surface area (Å²) >= 11 is 3.52. The van der Waals surface area contributed by atoms with E-state index >= 15 is 0 Å². The van der Waals surface area contributed by atoms with Gasteiger partial charge in [0.15, 0.2) is 0 Å². The third kappa shape index (κ3) is 1.41. The molecule has 3 rings (SSSR count). The third-order valence-corrected chi connectivity index (χ3v) is 4.21. The maximum atomic E-state index is 3.54. The van der Waals surface area contributed by atoms with Crippen molar-refractivity contribution in [2.45, 2.75) is 11.8 Å². The van der Waals surface area contributed by atoms with Crippen LogP contribution in [-0.2, 0) is 5.41 Å². The van der Waals surface area contributed by atoms with Gasteiger partial charge in [-0.1, -0.05) is 22.0 Å². The lowest BCUT2D eigenvalue weighted by atomic mass is 9.82. The second-order valence-electron chi connectivity index (χ2n) is 4.81. The molecule has 1 aromatic carbocycles. The lowest BCUT2D eigenvalue weighted by Crippen LogP contribution is -2.31. The molecule has 0 unspecified atom stereocenters. The summed E-state index contributed by atoms with van der Waals surface area (Å²) in [6.45, 7) is 3.51. The lowest BCUT2D eigenvalue weighted by molar-refractivity contribution is 0.381. The van der Waals surface area contributed by atoms with E-state index in [0.29, 0.717) is 5.41 Å². The van der Waals surface area contributed by atoms with E-state index in [4.69, 9.17) is 0 Å². The van der Waals surface area contributed by atoms with Crippen molar-refractivity contribution in [3.8, 4) is 0 Å². The van der Waals surface area contributed by atoms with Gasteiger partial charge < -0.3 is 10.2 Å². The number of rotatable bonds is 0. The van der Waals surface area contributed by atoms with E-state index in [9.17, 15) is 0 Å². The number of nitrogens with one attached hydrogen (secondary N) is 1. The first-order valence-corrected chi connectivity index (χ1v) is 6.21. The maximum absolute atomic E-state index is 3.54. The van der Waals surface area contributed by atoms with Gasteiger partial charge in [-0.25, -0.2) is 0 Å². The van der Waals surface area contributed by atoms with Gasteiger partial charge >= 0.3 is 0 Å². The van der Waals surface area contributed by atoms with Crippen LogP contribution in [0.15, 0.2) is 22.7 Å². The van der Waals surface area contributed by atoms with Crippen LogP contribution in [0, 0.1) is 0 Å². The van der Waals surface area contributed by atoms with Crippen molar-refractivity contribution < 1.29 is 0 Å². The van der Waals surface area contributed by atoms with Crippen molar-refractivity contribution in [2.24, 2.45) is 0 Å². The monoisotopic (exact) mass is 266 g/mol. The Morgan fingerprint density at radius 3 is 3.07 bits per heavy atom. The van der Waals surface area contributed by atoms with E-state index in [2.05, 4.69) is 51.4 Å². The van der Waals surface area contributed by atoms with Gasteiger partial charge in [0, 0.05) is 28.7 Å². The zero-order valence-corrected chi connectivity index (χ0v) is 10.5. The minimum atomic E-state index is 0.380. The lowest BCUT2D eigenvalue weighted by Gasteiger charge is -2.23. The molecule has 15 heavy (non-hydrogen) atoms. The van der Waals surface area contributed by atoms with Crippen molar-refractivity contribution in [1.29, 1.82) is 0 Å². The summed E-state index contributed by atoms with van der Waals surface area (Å²) < 4.78 is 1.16. The van der Waals surface area contributed by atoms with Gasteiger partial charge in [-0.3, -0.25) is 0 Å². The highest BCUT2D eigenvalue weighted by atomic mass is 79.9. The predicted octanol–water partition coefficient (Wildman–Crippen LogP) is 2.45. The Balaban J connectivity index is 2.04. The number of hydrogen-bond donors (Lipinski definition) is 1. The molecule has 0 bridgehead atoms. The van der Waals surface area contributed by atoms with Crippen LogP contribution < -0.4 is 5.32 Å². The zero-order chi connectivity index (χ0) is 10.5. The first kappa shape index (κ1) is 9.67. The molecule has 2 nitrogen and oxygen atoms in total. The fourth-order valence-corrected chi connectivity index (χ4v) is 3.29. The Bertz CT molecular complexity index is 405. The first-order chi connectivity index (χ1) is 7.20. The number of nitrogens with zero attached hydrogens (tertiary/aromatic N) is 1. The Hall–Kier alpha value is -0.540. The third-order valence-electron chi connectivity index (χ3n) is 3.71. The largest absolute Gasteiger partial charge is 0.384 e. The van der Waals surface area contributed by atoms with Gasteiger partial charge in [-0.15, -0.1) is 0 Å². The Morgan fingerprint density at radius 2 is 2.33 bits per heavy atom. The molecule has 3 heteroatoms. The molecule has 1 atom stereocenters. The van der Waals surface area contributed by atoms with Crippen LogP contribution in [0.2, 0.25) is 0 Å². The molecular weight excluding hydrogens is 252 g/mol. The summed E-state index contributed by atoms with van der Waals surface area (Å²) in [5, 5.41) is 3.54. The summed E-state index contributed by atoms with van der Waals surface area (Å²) in [5.74, 6) is 0. The van der Waals surface area contributed by atoms with Crippen molar-refractivity contribution in [3.63, 3.8) is 0 Å². The maximum Gasteiger partial charge on any atom is 0.0391 e. The highest BCUT2D eigenvalue weighted by Gasteiger charge is 2.43. The van der Waals surface area contributed by atoms with Gasteiger partial charge in [-0.2, -0.15) is 0 Å². The van der Waals surface area contributed by atoms with Crippen LogP contribution in [0.4, 0.5) is 5.69 Å². The molecule has 1 spiro atoms. The fourth-order valence-electron chi connectivity index (χ4n) is 2.93. The van der Waals surface area contributed by atoms with Crippen LogP contribution >= 0.6 is 15.9 Å². The molecular formula is C12H15BrN2. The number of hydrogen-bond acceptors (Lipinski definition) is 2. The van der Waals surface area contributed by atoms with E-state index in [1.54, 1.807) is 0 Å². The smallest absolute Gasteiger partial charge is 0.0391 e. The first-order valence-electron chi connectivity index (χ1n) is 5.42. The van der Waals surface area contributed by atoms with Crippen LogP contribution in [-0.4, -0.2) is 31.6 Å². The predicted molar refractivity (Wildman–Crippen MR) is 66.4 cm³/mol. The molecule has 2 aliphatic rings. The fraction of sp³-hybridized carbons (Fsp3) is 0.500. The Morgan fingerprint density at radius 1 is 1.47 bits per heavy atom. The number of likely N-dealkylation sites (tertiary alicyclic amines) is 1. The number of anilines is 1. The summed E-state index contributed by atoms with van der Waals surface area (Å²) in [7, 11) is 2.21. The molecule has 1 fully saturated rings. The SMILES string of the molecule is CN1CC[C@]2(CNc3cc(Br)ccc32)C1. The molecule has 80 valence electrons. The molecule has 1 N–H and O–H groups in total. The van der Waals surface area contributed by atoms with Crippen LogP contribution in [0.25, 0.3) is 0 Å². The summed E-state index contributed by atoms with van der Waals surface area (Å²) in [6, 6.07) is 6.63. The number of likely N-dealkylation sites (N-methyl/N-ethyl adjacent to an activating group) is 1. The molecule has 0 amide bonds. The van der Waals surface area contributed by atoms with Crippen molar-refractivity contribution in [1.82, 2.24) is 4.90 Å². The van der Waals surface area contributed by atoms with Gasteiger partial charge in [0.05, 0.1) is 0 Å². The molecule has 0 radical (unpaired) electrons. The van der Waals surface area contributed by atoms with Gasteiger partial charge in [0.2, 0.25) is 0 Å². The van der Waals surface area contributed by atoms with Crippen LogP contribution in [0.1, 0.15) is 12.0 Å².